The maximum absolute atomic E-state index is 12.5. The number of benzene rings is 2. The first-order valence-corrected chi connectivity index (χ1v) is 8.60. The van der Waals surface area contributed by atoms with Crippen molar-refractivity contribution in [1.29, 1.82) is 5.26 Å². The highest BCUT2D eigenvalue weighted by atomic mass is 35.5. The van der Waals surface area contributed by atoms with Gasteiger partial charge in [0.1, 0.15) is 4.90 Å². The van der Waals surface area contributed by atoms with E-state index >= 15 is 0 Å². The molecule has 0 saturated heterocycles. The normalized spacial score (nSPS) is 10.7. The molecule has 0 fully saturated rings. The van der Waals surface area contributed by atoms with Crippen LogP contribution in [0.15, 0.2) is 47.4 Å². The van der Waals surface area contributed by atoms with Gasteiger partial charge in [0.05, 0.1) is 30.2 Å². The van der Waals surface area contributed by atoms with E-state index in [1.165, 1.54) is 19.2 Å². The highest BCUT2D eigenvalue weighted by Crippen LogP contribution is 2.25. The molecular weight excluding hydrogens is 352 g/mol. The topological polar surface area (TPSA) is 96.3 Å². The molecule has 0 radical (unpaired) electrons. The smallest absolute Gasteiger partial charge is 0.337 e. The molecule has 0 bridgehead atoms. The van der Waals surface area contributed by atoms with E-state index in [0.29, 0.717) is 5.69 Å². The van der Waals surface area contributed by atoms with Crippen molar-refractivity contribution >= 4 is 33.3 Å². The van der Waals surface area contributed by atoms with Gasteiger partial charge in [0.2, 0.25) is 0 Å². The van der Waals surface area contributed by atoms with Crippen LogP contribution in [-0.4, -0.2) is 21.5 Å². The van der Waals surface area contributed by atoms with E-state index in [0.717, 1.165) is 11.6 Å². The molecule has 0 heterocycles. The molecule has 0 spiro atoms. The number of carbonyl (C=O) groups is 1. The molecule has 0 saturated carbocycles. The van der Waals surface area contributed by atoms with Crippen molar-refractivity contribution in [3.63, 3.8) is 0 Å². The lowest BCUT2D eigenvalue weighted by atomic mass is 10.1. The molecule has 0 amide bonds. The molecule has 0 aliphatic carbocycles. The zero-order chi connectivity index (χ0) is 17.7. The van der Waals surface area contributed by atoms with Crippen molar-refractivity contribution in [3.8, 4) is 6.07 Å². The quantitative estimate of drug-likeness (QED) is 0.822. The number of ether oxygens (including phenoxy) is 1. The maximum Gasteiger partial charge on any atom is 0.337 e. The van der Waals surface area contributed by atoms with E-state index in [9.17, 15) is 13.2 Å². The van der Waals surface area contributed by atoms with Gasteiger partial charge >= 0.3 is 5.97 Å². The zero-order valence-electron chi connectivity index (χ0n) is 12.6. The monoisotopic (exact) mass is 364 g/mol. The largest absolute Gasteiger partial charge is 0.465 e. The van der Waals surface area contributed by atoms with Crippen LogP contribution in [0.1, 0.15) is 15.9 Å². The fourth-order valence-electron chi connectivity index (χ4n) is 1.95. The highest BCUT2D eigenvalue weighted by Gasteiger charge is 2.20. The van der Waals surface area contributed by atoms with Crippen molar-refractivity contribution in [3.05, 3.63) is 58.6 Å². The Bertz CT molecular complexity index is 903. The number of anilines is 1. The summed E-state index contributed by atoms with van der Waals surface area (Å²) in [6.07, 6.45) is 0.236. The van der Waals surface area contributed by atoms with E-state index in [1.54, 1.807) is 24.3 Å². The number of halogens is 1. The molecule has 6 nitrogen and oxygen atoms in total. The van der Waals surface area contributed by atoms with Crippen LogP contribution in [-0.2, 0) is 21.2 Å². The van der Waals surface area contributed by atoms with Gasteiger partial charge in [-0.15, -0.1) is 0 Å². The predicted molar refractivity (Wildman–Crippen MR) is 89.4 cm³/mol. The Hall–Kier alpha value is -2.56. The molecular formula is C16H13ClN2O4S. The Kier molecular flexibility index (Phi) is 5.44. The first kappa shape index (κ1) is 17.8. The van der Waals surface area contributed by atoms with Crippen LogP contribution >= 0.6 is 11.6 Å². The lowest BCUT2D eigenvalue weighted by molar-refractivity contribution is 0.0600. The lowest BCUT2D eigenvalue weighted by Gasteiger charge is -2.11. The van der Waals surface area contributed by atoms with Crippen LogP contribution in [0.4, 0.5) is 5.69 Å². The highest BCUT2D eigenvalue weighted by molar-refractivity contribution is 7.92. The number of hydrogen-bond acceptors (Lipinski definition) is 5. The Morgan fingerprint density at radius 1 is 1.25 bits per heavy atom. The van der Waals surface area contributed by atoms with Crippen molar-refractivity contribution in [2.75, 3.05) is 11.8 Å². The number of esters is 1. The molecule has 0 aliphatic rings. The van der Waals surface area contributed by atoms with E-state index < -0.39 is 16.0 Å². The minimum absolute atomic E-state index is 0.0174. The Balaban J connectivity index is 2.33. The summed E-state index contributed by atoms with van der Waals surface area (Å²) in [6, 6.07) is 12.2. The van der Waals surface area contributed by atoms with Gasteiger partial charge in [0, 0.05) is 5.69 Å². The minimum atomic E-state index is -3.99. The van der Waals surface area contributed by atoms with Gasteiger partial charge in [-0.3, -0.25) is 4.72 Å². The number of nitrogens with zero attached hydrogens (tertiary/aromatic N) is 1. The van der Waals surface area contributed by atoms with E-state index in [2.05, 4.69) is 9.46 Å². The molecule has 24 heavy (non-hydrogen) atoms. The summed E-state index contributed by atoms with van der Waals surface area (Å²) in [4.78, 5) is 11.3. The van der Waals surface area contributed by atoms with Crippen LogP contribution in [0, 0.1) is 11.3 Å². The van der Waals surface area contributed by atoms with Gasteiger partial charge in [-0.2, -0.15) is 5.26 Å². The third-order valence-electron chi connectivity index (χ3n) is 3.13. The zero-order valence-corrected chi connectivity index (χ0v) is 14.2. The van der Waals surface area contributed by atoms with Gasteiger partial charge in [-0.05, 0) is 35.9 Å². The summed E-state index contributed by atoms with van der Waals surface area (Å²) < 4.78 is 31.9. The third-order valence-corrected chi connectivity index (χ3v) is 4.99. The lowest BCUT2D eigenvalue weighted by Crippen LogP contribution is -2.14. The first-order chi connectivity index (χ1) is 11.4. The predicted octanol–water partition coefficient (Wildman–Crippen LogP) is 2.99. The average Bonchev–Trinajstić information content (AvgIpc) is 2.56. The molecule has 2 rings (SSSR count). The van der Waals surface area contributed by atoms with Gasteiger partial charge in [0.25, 0.3) is 10.0 Å². The van der Waals surface area contributed by atoms with Crippen LogP contribution in [0.2, 0.25) is 5.02 Å². The van der Waals surface area contributed by atoms with Crippen LogP contribution in [0.25, 0.3) is 0 Å². The summed E-state index contributed by atoms with van der Waals surface area (Å²) in [5.74, 6) is -0.663. The van der Waals surface area contributed by atoms with E-state index in [4.69, 9.17) is 16.9 Å². The van der Waals surface area contributed by atoms with Gasteiger partial charge < -0.3 is 4.74 Å². The second-order valence-electron chi connectivity index (χ2n) is 4.77. The number of carbonyl (C=O) groups excluding carboxylic acids is 1. The standard InChI is InChI=1S/C16H13ClN2O4S/c1-23-16(20)12-4-7-14(17)15(10-12)24(21,22)19-13-5-2-11(3-6-13)8-9-18/h2-7,10,19H,8H2,1H3. The molecule has 0 aromatic heterocycles. The molecule has 124 valence electrons. The van der Waals surface area contributed by atoms with Crippen LogP contribution < -0.4 is 4.72 Å². The molecule has 0 aliphatic heterocycles. The minimum Gasteiger partial charge on any atom is -0.465 e. The van der Waals surface area contributed by atoms with Crippen molar-refractivity contribution in [2.24, 2.45) is 0 Å². The number of nitrogens with one attached hydrogen (secondary N) is 1. The SMILES string of the molecule is COC(=O)c1ccc(Cl)c(S(=O)(=O)Nc2ccc(CC#N)cc2)c1. The van der Waals surface area contributed by atoms with Crippen LogP contribution in [0.5, 0.6) is 0 Å². The Labute approximate surface area is 144 Å². The molecule has 2 aromatic rings. The van der Waals surface area contributed by atoms with Crippen molar-refractivity contribution in [2.45, 2.75) is 11.3 Å². The molecule has 0 atom stereocenters. The van der Waals surface area contributed by atoms with E-state index in [1.807, 2.05) is 6.07 Å². The number of rotatable bonds is 5. The Morgan fingerprint density at radius 2 is 1.92 bits per heavy atom. The summed E-state index contributed by atoms with van der Waals surface area (Å²) in [7, 11) is -2.79. The van der Waals surface area contributed by atoms with E-state index in [-0.39, 0.29) is 21.9 Å². The summed E-state index contributed by atoms with van der Waals surface area (Å²) in [5, 5.41) is 8.61. The van der Waals surface area contributed by atoms with Crippen molar-refractivity contribution in [1.82, 2.24) is 0 Å². The summed E-state index contributed by atoms with van der Waals surface area (Å²) in [6.45, 7) is 0. The third kappa shape index (κ3) is 4.04. The number of hydrogen-bond donors (Lipinski definition) is 1. The fourth-order valence-corrected chi connectivity index (χ4v) is 3.53. The van der Waals surface area contributed by atoms with Gasteiger partial charge in [0.15, 0.2) is 0 Å². The molecule has 8 heteroatoms. The fraction of sp³-hybridized carbons (Fsp3) is 0.125. The molecule has 0 unspecified atom stereocenters. The summed E-state index contributed by atoms with van der Waals surface area (Å²) >= 11 is 5.95. The van der Waals surface area contributed by atoms with Crippen molar-refractivity contribution < 1.29 is 17.9 Å². The second-order valence-corrected chi connectivity index (χ2v) is 6.83. The number of sulfonamides is 1. The summed E-state index contributed by atoms with van der Waals surface area (Å²) in [5.41, 5.74) is 1.16. The van der Waals surface area contributed by atoms with Gasteiger partial charge in [-0.25, -0.2) is 13.2 Å². The number of methoxy groups -OCH3 is 1. The molecule has 1 N–H and O–H groups in total. The van der Waals surface area contributed by atoms with Crippen LogP contribution in [0.3, 0.4) is 0 Å². The maximum atomic E-state index is 12.5. The molecule has 2 aromatic carbocycles. The van der Waals surface area contributed by atoms with Gasteiger partial charge in [-0.1, -0.05) is 23.7 Å². The Morgan fingerprint density at radius 3 is 2.50 bits per heavy atom. The first-order valence-electron chi connectivity index (χ1n) is 6.74. The number of nitriles is 1. The second kappa shape index (κ2) is 7.34. The average molecular weight is 365 g/mol.